The number of allylic oxidation sites excluding steroid dienone is 4. The molecule has 0 aliphatic heterocycles. The average Bonchev–Trinajstić information content (AvgIpc) is 2.25. The Labute approximate surface area is 113 Å². The van der Waals surface area contributed by atoms with Gasteiger partial charge in [-0.25, -0.2) is 0 Å². The molecule has 1 rings (SSSR count). The van der Waals surface area contributed by atoms with Crippen LogP contribution in [0.25, 0.3) is 0 Å². The molecule has 0 aromatic heterocycles. The molecule has 1 aliphatic carbocycles. The molecule has 1 radical (unpaired) electrons. The summed E-state index contributed by atoms with van der Waals surface area (Å²) in [6.45, 7) is 11.0. The van der Waals surface area contributed by atoms with Crippen molar-refractivity contribution in [3.05, 3.63) is 43.1 Å². The van der Waals surface area contributed by atoms with Crippen LogP contribution >= 0.6 is 18.4 Å². The van der Waals surface area contributed by atoms with Crippen molar-refractivity contribution < 1.29 is 17.6 Å². The van der Waals surface area contributed by atoms with Crippen LogP contribution in [0.4, 0.5) is 0 Å². The molecule has 0 saturated carbocycles. The molecule has 0 heterocycles. The molecular weight excluding hydrogens is 308 g/mol. The molecule has 0 aromatic rings. The van der Waals surface area contributed by atoms with Gasteiger partial charge in [0.2, 0.25) is 0 Å². The van der Waals surface area contributed by atoms with E-state index in [1.54, 1.807) is 0 Å². The average molecular weight is 329 g/mol. The van der Waals surface area contributed by atoms with E-state index in [9.17, 15) is 0 Å². The van der Waals surface area contributed by atoms with Crippen LogP contribution in [-0.4, -0.2) is 0 Å². The van der Waals surface area contributed by atoms with Gasteiger partial charge in [-0.1, -0.05) is 18.1 Å². The van der Waals surface area contributed by atoms with Gasteiger partial charge in [-0.2, -0.15) is 0 Å². The van der Waals surface area contributed by atoms with Gasteiger partial charge in [0.15, 0.2) is 0 Å². The predicted octanol–water partition coefficient (Wildman–Crippen LogP) is 5.54. The molecule has 0 aromatic carbocycles. The summed E-state index contributed by atoms with van der Waals surface area (Å²) in [7, 11) is 9.83. The number of rotatable bonds is 0. The summed E-state index contributed by atoms with van der Waals surface area (Å²) < 4.78 is 0. The molecule has 0 atom stereocenters. The summed E-state index contributed by atoms with van der Waals surface area (Å²) in [4.78, 5) is 0. The van der Waals surface area contributed by atoms with Crippen molar-refractivity contribution >= 4 is 18.4 Å². The van der Waals surface area contributed by atoms with Crippen LogP contribution in [0.5, 0.6) is 0 Å². The molecule has 3 heteroatoms. The Hall–Kier alpha value is 0.800. The van der Waals surface area contributed by atoms with E-state index in [0.717, 1.165) is 0 Å². The minimum absolute atomic E-state index is 0. The third-order valence-corrected chi connectivity index (χ3v) is 2.81. The van der Waals surface area contributed by atoms with Gasteiger partial charge in [-0.3, -0.25) is 0 Å². The zero-order valence-corrected chi connectivity index (χ0v) is 14.4. The molecule has 0 N–H and O–H groups in total. The van der Waals surface area contributed by atoms with Gasteiger partial charge >= 0.3 is 36.0 Å². The number of halogens is 2. The monoisotopic (exact) mass is 328 g/mol. The fraction of sp³-hybridized carbons (Fsp3) is 0.417. The normalized spacial score (nSPS) is 15.1. The van der Waals surface area contributed by atoms with Crippen molar-refractivity contribution in [2.45, 2.75) is 34.6 Å². The van der Waals surface area contributed by atoms with Gasteiger partial charge in [-0.15, -0.1) is 0 Å². The van der Waals surface area contributed by atoms with E-state index in [-0.39, 0.29) is 14.9 Å². The first kappa shape index (κ1) is 21.1. The first-order chi connectivity index (χ1) is 5.97. The zero-order chi connectivity index (χ0) is 10.6. The van der Waals surface area contributed by atoms with Crippen molar-refractivity contribution in [1.82, 2.24) is 0 Å². The molecule has 90 valence electrons. The molecule has 0 bridgehead atoms. The summed E-state index contributed by atoms with van der Waals surface area (Å²) in [5, 5.41) is 0. The van der Waals surface area contributed by atoms with Crippen LogP contribution < -0.4 is 0 Å². The fourth-order valence-corrected chi connectivity index (χ4v) is 1.41. The van der Waals surface area contributed by atoms with Crippen molar-refractivity contribution in [3.8, 4) is 0 Å². The molecule has 0 fully saturated rings. The minimum atomic E-state index is -0.706. The Kier molecular flexibility index (Phi) is 14.1. The second-order valence-corrected chi connectivity index (χ2v) is 6.53. The van der Waals surface area contributed by atoms with Gasteiger partial charge < -0.3 is 14.9 Å². The SMILES string of the molecule is C[C]1C(C)=C(C)C(C)=C1C.[CH3-].[CH3-].[Cl][Nb][Cl]. The fourth-order valence-electron chi connectivity index (χ4n) is 1.41. The van der Waals surface area contributed by atoms with Gasteiger partial charge in [0, 0.05) is 5.92 Å². The Bertz CT molecular complexity index is 218. The van der Waals surface area contributed by atoms with Gasteiger partial charge in [0.05, 0.1) is 0 Å². The van der Waals surface area contributed by atoms with E-state index < -0.39 is 17.6 Å². The van der Waals surface area contributed by atoms with E-state index in [0.29, 0.717) is 0 Å². The second kappa shape index (κ2) is 9.99. The van der Waals surface area contributed by atoms with Gasteiger partial charge in [0.1, 0.15) is 0 Å². The van der Waals surface area contributed by atoms with Crippen molar-refractivity contribution in [2.24, 2.45) is 0 Å². The third-order valence-electron chi connectivity index (χ3n) is 2.81. The quantitative estimate of drug-likeness (QED) is 0.404. The Morgan fingerprint density at radius 1 is 0.667 bits per heavy atom. The predicted molar refractivity (Wildman–Crippen MR) is 70.2 cm³/mol. The maximum absolute atomic E-state index is 4.91. The number of hydrogen-bond acceptors (Lipinski definition) is 0. The van der Waals surface area contributed by atoms with Crippen LogP contribution in [0.1, 0.15) is 34.6 Å². The standard InChI is InChI=1S/C10H15.2CH3.2ClH.Nb/c1-6-7(2)9(4)10(5)8(6)3;;;;;/h1-5H3;2*1H3;2*1H;/q;2*-1;;;+2/p-2. The van der Waals surface area contributed by atoms with Gasteiger partial charge in [0.25, 0.3) is 0 Å². The van der Waals surface area contributed by atoms with E-state index in [1.807, 2.05) is 0 Å². The second-order valence-electron chi connectivity index (χ2n) is 3.19. The van der Waals surface area contributed by atoms with Crippen LogP contribution in [0.3, 0.4) is 0 Å². The molecule has 0 unspecified atom stereocenters. The van der Waals surface area contributed by atoms with Crippen LogP contribution in [-0.2, 0) is 17.6 Å². The molecule has 0 spiro atoms. The van der Waals surface area contributed by atoms with Crippen molar-refractivity contribution in [1.29, 1.82) is 0 Å². The Morgan fingerprint density at radius 2 is 0.867 bits per heavy atom. The van der Waals surface area contributed by atoms with Crippen LogP contribution in [0.15, 0.2) is 22.3 Å². The molecule has 0 amide bonds. The van der Waals surface area contributed by atoms with Crippen molar-refractivity contribution in [2.75, 3.05) is 0 Å². The first-order valence-electron chi connectivity index (χ1n) is 4.09. The number of hydrogen-bond donors (Lipinski definition) is 0. The molecule has 0 nitrogen and oxygen atoms in total. The summed E-state index contributed by atoms with van der Waals surface area (Å²) >= 11 is -0.706. The summed E-state index contributed by atoms with van der Waals surface area (Å²) in [6, 6.07) is 0. The molecule has 0 saturated heterocycles. The summed E-state index contributed by atoms with van der Waals surface area (Å²) in [5.41, 5.74) is 5.87. The van der Waals surface area contributed by atoms with Crippen molar-refractivity contribution in [3.63, 3.8) is 0 Å². The summed E-state index contributed by atoms with van der Waals surface area (Å²) in [6.07, 6.45) is 0. The van der Waals surface area contributed by atoms with E-state index in [4.69, 9.17) is 18.4 Å². The van der Waals surface area contributed by atoms with E-state index in [2.05, 4.69) is 34.6 Å². The Morgan fingerprint density at radius 3 is 0.933 bits per heavy atom. The van der Waals surface area contributed by atoms with E-state index >= 15 is 0 Å². The third kappa shape index (κ3) is 5.60. The Balaban J connectivity index is -0.000000260. The zero-order valence-electron chi connectivity index (χ0n) is 10.7. The van der Waals surface area contributed by atoms with E-state index in [1.165, 1.54) is 28.2 Å². The van der Waals surface area contributed by atoms with Gasteiger partial charge in [-0.05, 0) is 38.8 Å². The maximum atomic E-state index is 4.91. The van der Waals surface area contributed by atoms with Crippen LogP contribution in [0, 0.1) is 20.8 Å². The van der Waals surface area contributed by atoms with Crippen LogP contribution in [0.2, 0.25) is 0 Å². The topological polar surface area (TPSA) is 0 Å². The molecular formula is C12H21Cl2Nb-2. The first-order valence-corrected chi connectivity index (χ1v) is 9.75. The molecule has 1 aliphatic rings. The molecule has 15 heavy (non-hydrogen) atoms. The summed E-state index contributed by atoms with van der Waals surface area (Å²) in [5.74, 6) is 1.47.